The van der Waals surface area contributed by atoms with E-state index in [0.717, 1.165) is 44.1 Å². The van der Waals surface area contributed by atoms with Crippen LogP contribution < -0.4 is 4.74 Å². The molecule has 1 saturated heterocycles. The topological polar surface area (TPSA) is 15.7 Å². The van der Waals surface area contributed by atoms with Gasteiger partial charge in [0.05, 0.1) is 23.8 Å². The highest BCUT2D eigenvalue weighted by molar-refractivity contribution is 5.43. The summed E-state index contributed by atoms with van der Waals surface area (Å²) in [4.78, 5) is 4.48. The number of hydrogen-bond donors (Lipinski definition) is 0. The summed E-state index contributed by atoms with van der Waals surface area (Å²) in [7, 11) is 1.49. The van der Waals surface area contributed by atoms with E-state index >= 15 is 0 Å². The van der Waals surface area contributed by atoms with Crippen molar-refractivity contribution in [1.82, 2.24) is 9.80 Å². The van der Waals surface area contributed by atoms with Gasteiger partial charge in [0.1, 0.15) is 5.75 Å². The van der Waals surface area contributed by atoms with Crippen LogP contribution in [0.1, 0.15) is 60.8 Å². The zero-order valence-electron chi connectivity index (χ0n) is 22.4. The molecule has 9 heteroatoms. The van der Waals surface area contributed by atoms with Gasteiger partial charge in [0.15, 0.2) is 0 Å². The monoisotopic (exact) mass is 555 g/mol. The lowest BCUT2D eigenvalue weighted by atomic mass is 9.82. The molecule has 1 radical (unpaired) electrons. The highest BCUT2D eigenvalue weighted by Gasteiger charge is 2.41. The van der Waals surface area contributed by atoms with Gasteiger partial charge in [-0.2, -0.15) is 26.3 Å². The standard InChI is InChI=1S/C30H37F6N2O/c1-28(26-10-6-7-11-27(26)39-2,21-23-18-24(29(31,32)33)20-25(19-23)30(34,35)36)38-16-14-37(15-17-38)13-12-22-8-4-3-5-9-22/h6-7,10-11,18-20,22H,1,3-5,8-9,12-17,21H2,2H3. The summed E-state index contributed by atoms with van der Waals surface area (Å²) in [5.74, 6) is 1.26. The van der Waals surface area contributed by atoms with Crippen LogP contribution in [0.4, 0.5) is 26.3 Å². The Labute approximate surface area is 227 Å². The Morgan fingerprint density at radius 3 is 2.00 bits per heavy atom. The number of alkyl halides is 6. The molecular formula is C30H37F6N2O. The third kappa shape index (κ3) is 7.28. The Balaban J connectivity index is 1.61. The van der Waals surface area contributed by atoms with Gasteiger partial charge in [-0.3, -0.25) is 4.90 Å². The summed E-state index contributed by atoms with van der Waals surface area (Å²) in [6.45, 7) is 8.17. The van der Waals surface area contributed by atoms with Crippen LogP contribution in [0.15, 0.2) is 42.5 Å². The molecule has 39 heavy (non-hydrogen) atoms. The Kier molecular flexibility index (Phi) is 9.21. The molecule has 2 fully saturated rings. The first-order valence-electron chi connectivity index (χ1n) is 13.6. The number of rotatable bonds is 8. The van der Waals surface area contributed by atoms with Crippen molar-refractivity contribution < 1.29 is 31.1 Å². The van der Waals surface area contributed by atoms with Crippen LogP contribution in [-0.4, -0.2) is 49.6 Å². The Morgan fingerprint density at radius 1 is 0.846 bits per heavy atom. The lowest BCUT2D eigenvalue weighted by Gasteiger charge is -2.47. The second-order valence-corrected chi connectivity index (χ2v) is 10.9. The minimum atomic E-state index is -4.91. The van der Waals surface area contributed by atoms with Gasteiger partial charge in [-0.15, -0.1) is 0 Å². The van der Waals surface area contributed by atoms with E-state index < -0.39 is 29.0 Å². The van der Waals surface area contributed by atoms with Crippen molar-refractivity contribution in [3.8, 4) is 5.75 Å². The fourth-order valence-electron chi connectivity index (χ4n) is 6.11. The Hall–Kier alpha value is -2.26. The molecule has 215 valence electrons. The van der Waals surface area contributed by atoms with Gasteiger partial charge < -0.3 is 9.64 Å². The maximum absolute atomic E-state index is 13.6. The lowest BCUT2D eigenvalue weighted by Crippen LogP contribution is -2.55. The van der Waals surface area contributed by atoms with Crippen molar-refractivity contribution in [2.24, 2.45) is 5.92 Å². The minimum Gasteiger partial charge on any atom is -0.496 e. The fourth-order valence-corrected chi connectivity index (χ4v) is 6.11. The first kappa shape index (κ1) is 29.7. The van der Waals surface area contributed by atoms with Gasteiger partial charge in [0.25, 0.3) is 0 Å². The average molecular weight is 556 g/mol. The SMILES string of the molecule is [CH2]C(Cc1cc(C(F)(F)F)cc(C(F)(F)F)c1)(c1ccccc1OC)N1CCN(CCC2CCCCC2)CC1. The third-order valence-corrected chi connectivity index (χ3v) is 8.31. The molecule has 2 aliphatic rings. The molecule has 0 bridgehead atoms. The highest BCUT2D eigenvalue weighted by atomic mass is 19.4. The summed E-state index contributed by atoms with van der Waals surface area (Å²) in [6, 6.07) is 8.88. The van der Waals surface area contributed by atoms with Gasteiger partial charge in [-0.1, -0.05) is 50.3 Å². The Bertz CT molecular complexity index is 1060. The molecule has 4 rings (SSSR count). The number of piperazine rings is 1. The largest absolute Gasteiger partial charge is 0.496 e. The van der Waals surface area contributed by atoms with Crippen molar-refractivity contribution in [1.29, 1.82) is 0 Å². The van der Waals surface area contributed by atoms with Crippen LogP contribution in [-0.2, 0) is 24.3 Å². The maximum atomic E-state index is 13.6. The average Bonchev–Trinajstić information content (AvgIpc) is 2.91. The van der Waals surface area contributed by atoms with Gasteiger partial charge in [0, 0.05) is 31.7 Å². The zero-order valence-corrected chi connectivity index (χ0v) is 22.4. The molecule has 0 N–H and O–H groups in total. The molecule has 3 nitrogen and oxygen atoms in total. The summed E-state index contributed by atoms with van der Waals surface area (Å²) in [6.07, 6.45) is -2.31. The van der Waals surface area contributed by atoms with Crippen molar-refractivity contribution in [2.45, 2.75) is 62.8 Å². The summed E-state index contributed by atoms with van der Waals surface area (Å²) in [5.41, 5.74) is -3.20. The van der Waals surface area contributed by atoms with Crippen LogP contribution in [0.25, 0.3) is 0 Å². The van der Waals surface area contributed by atoms with E-state index in [9.17, 15) is 26.3 Å². The van der Waals surface area contributed by atoms with Crippen molar-refractivity contribution in [3.63, 3.8) is 0 Å². The van der Waals surface area contributed by atoms with Crippen molar-refractivity contribution in [2.75, 3.05) is 39.8 Å². The molecule has 1 atom stereocenters. The third-order valence-electron chi connectivity index (χ3n) is 8.31. The summed E-state index contributed by atoms with van der Waals surface area (Å²) >= 11 is 0. The smallest absolute Gasteiger partial charge is 0.416 e. The molecule has 2 aromatic rings. The number of nitrogens with zero attached hydrogens (tertiary/aromatic N) is 2. The fraction of sp³-hybridized carbons (Fsp3) is 0.567. The van der Waals surface area contributed by atoms with E-state index in [1.807, 2.05) is 0 Å². The molecule has 1 heterocycles. The van der Waals surface area contributed by atoms with Crippen LogP contribution >= 0.6 is 0 Å². The lowest BCUT2D eigenvalue weighted by molar-refractivity contribution is -0.143. The zero-order chi connectivity index (χ0) is 28.3. The molecular weight excluding hydrogens is 518 g/mol. The first-order chi connectivity index (χ1) is 18.4. The predicted molar refractivity (Wildman–Crippen MR) is 139 cm³/mol. The van der Waals surface area contributed by atoms with E-state index in [2.05, 4.69) is 16.7 Å². The number of hydrogen-bond acceptors (Lipinski definition) is 3. The number of ether oxygens (including phenoxy) is 1. The molecule has 2 aromatic carbocycles. The number of methoxy groups -OCH3 is 1. The van der Waals surface area contributed by atoms with Gasteiger partial charge in [-0.25, -0.2) is 0 Å². The number of benzene rings is 2. The van der Waals surface area contributed by atoms with E-state index in [-0.39, 0.29) is 18.1 Å². The highest BCUT2D eigenvalue weighted by Crippen LogP contribution is 2.41. The number of para-hydroxylation sites is 1. The van der Waals surface area contributed by atoms with Crippen LogP contribution in [0.5, 0.6) is 5.75 Å². The molecule has 0 amide bonds. The number of halogens is 6. The van der Waals surface area contributed by atoms with Crippen LogP contribution in [0.2, 0.25) is 0 Å². The summed E-state index contributed by atoms with van der Waals surface area (Å²) < 4.78 is 87.1. The van der Waals surface area contributed by atoms with Crippen LogP contribution in [0.3, 0.4) is 0 Å². The summed E-state index contributed by atoms with van der Waals surface area (Å²) in [5, 5.41) is 0. The van der Waals surface area contributed by atoms with E-state index in [1.165, 1.54) is 39.2 Å². The molecule has 1 aliphatic heterocycles. The van der Waals surface area contributed by atoms with E-state index in [1.54, 1.807) is 24.3 Å². The maximum Gasteiger partial charge on any atom is 0.416 e. The molecule has 1 aliphatic carbocycles. The quantitative estimate of drug-likeness (QED) is 0.312. The second kappa shape index (κ2) is 12.1. The minimum absolute atomic E-state index is 0.0715. The molecule has 1 saturated carbocycles. The van der Waals surface area contributed by atoms with E-state index in [4.69, 9.17) is 4.74 Å². The van der Waals surface area contributed by atoms with Crippen LogP contribution in [0, 0.1) is 12.8 Å². The van der Waals surface area contributed by atoms with Gasteiger partial charge >= 0.3 is 12.4 Å². The van der Waals surface area contributed by atoms with Crippen molar-refractivity contribution in [3.05, 3.63) is 71.6 Å². The first-order valence-corrected chi connectivity index (χ1v) is 13.6. The molecule has 0 aromatic heterocycles. The van der Waals surface area contributed by atoms with Gasteiger partial charge in [-0.05, 0) is 62.1 Å². The second-order valence-electron chi connectivity index (χ2n) is 10.9. The van der Waals surface area contributed by atoms with Gasteiger partial charge in [0.2, 0.25) is 0 Å². The normalized spacial score (nSPS) is 20.1. The van der Waals surface area contributed by atoms with Crippen molar-refractivity contribution >= 4 is 0 Å². The Morgan fingerprint density at radius 2 is 1.44 bits per heavy atom. The molecule has 0 spiro atoms. The van der Waals surface area contributed by atoms with E-state index in [0.29, 0.717) is 24.4 Å². The molecule has 1 unspecified atom stereocenters. The predicted octanol–water partition coefficient (Wildman–Crippen LogP) is 7.59.